The Balaban J connectivity index is 1.68. The average Bonchev–Trinajstić information content (AvgIpc) is 3.60. The molecule has 1 fully saturated rings. The van der Waals surface area contributed by atoms with E-state index in [0.29, 0.717) is 41.4 Å². The van der Waals surface area contributed by atoms with Crippen LogP contribution < -0.4 is 9.46 Å². The summed E-state index contributed by atoms with van der Waals surface area (Å²) in [6.07, 6.45) is 8.34. The fourth-order valence-corrected chi connectivity index (χ4v) is 6.65. The average molecular weight is 609 g/mol. The molecule has 0 atom stereocenters. The molecule has 1 aliphatic rings. The first-order valence-corrected chi connectivity index (χ1v) is 16.7. The Morgan fingerprint density at radius 1 is 1.12 bits per heavy atom. The second-order valence-corrected chi connectivity index (χ2v) is 13.1. The third-order valence-corrected chi connectivity index (χ3v) is 9.41. The molecule has 1 heterocycles. The number of aliphatic imine (C=N–C) groups is 1. The maximum Gasteiger partial charge on any atom is 0.263 e. The molecule has 0 bridgehead atoms. The van der Waals surface area contributed by atoms with Gasteiger partial charge in [0.15, 0.2) is 5.82 Å². The number of benzene rings is 2. The molecule has 9 nitrogen and oxygen atoms in total. The van der Waals surface area contributed by atoms with Crippen molar-refractivity contribution in [3.8, 4) is 16.9 Å². The highest BCUT2D eigenvalue weighted by Crippen LogP contribution is 2.37. The molecule has 0 unspecified atom stereocenters. The summed E-state index contributed by atoms with van der Waals surface area (Å²) in [5.41, 5.74) is 2.23. The van der Waals surface area contributed by atoms with Crippen LogP contribution in [-0.4, -0.2) is 49.8 Å². The van der Waals surface area contributed by atoms with Crippen LogP contribution in [0.3, 0.4) is 0 Å². The zero-order chi connectivity index (χ0) is 31.0. The molecule has 3 aromatic rings. The number of anilines is 1. The normalized spacial score (nSPS) is 15.0. The first-order chi connectivity index (χ1) is 20.6. The number of aldehydes is 1. The molecule has 0 aliphatic heterocycles. The van der Waals surface area contributed by atoms with E-state index in [1.165, 1.54) is 0 Å². The molecule has 1 aromatic heterocycles. The van der Waals surface area contributed by atoms with Crippen molar-refractivity contribution in [1.29, 1.82) is 0 Å². The SMILES string of the molecule is CCCC/C(=N/C1(C=O)CCCC1)N(C)Cc1ccc(-c2ccccc2S(=O)(=O)Nc2noc(C)c2C)c(OCCC)c1. The van der Waals surface area contributed by atoms with Gasteiger partial charge in [0.2, 0.25) is 0 Å². The summed E-state index contributed by atoms with van der Waals surface area (Å²) in [6.45, 7) is 8.74. The third kappa shape index (κ3) is 7.65. The van der Waals surface area contributed by atoms with Crippen molar-refractivity contribution in [3.63, 3.8) is 0 Å². The first-order valence-electron chi connectivity index (χ1n) is 15.2. The number of hydrogen-bond acceptors (Lipinski definition) is 7. The summed E-state index contributed by atoms with van der Waals surface area (Å²) in [6, 6.07) is 12.8. The summed E-state index contributed by atoms with van der Waals surface area (Å²) in [4.78, 5) is 19.3. The van der Waals surface area contributed by atoms with Crippen LogP contribution in [0.5, 0.6) is 5.75 Å². The van der Waals surface area contributed by atoms with Gasteiger partial charge in [-0.3, -0.25) is 9.71 Å². The summed E-state index contributed by atoms with van der Waals surface area (Å²) < 4.78 is 41.1. The number of nitrogens with one attached hydrogen (secondary N) is 1. The van der Waals surface area contributed by atoms with Crippen molar-refractivity contribution < 1.29 is 22.5 Å². The van der Waals surface area contributed by atoms with Crippen LogP contribution in [0.1, 0.15) is 82.1 Å². The number of ether oxygens (including phenoxy) is 1. The first kappa shape index (κ1) is 32.3. The van der Waals surface area contributed by atoms with E-state index in [-0.39, 0.29) is 10.7 Å². The van der Waals surface area contributed by atoms with Crippen LogP contribution in [-0.2, 0) is 21.4 Å². The zero-order valence-electron chi connectivity index (χ0n) is 26.0. The van der Waals surface area contributed by atoms with Gasteiger partial charge in [0, 0.05) is 36.7 Å². The predicted molar refractivity (Wildman–Crippen MR) is 170 cm³/mol. The molecule has 10 heteroatoms. The monoisotopic (exact) mass is 608 g/mol. The van der Waals surface area contributed by atoms with Crippen molar-refractivity contribution in [2.45, 2.75) is 96.0 Å². The molecule has 232 valence electrons. The number of aryl methyl sites for hydroxylation is 1. The minimum absolute atomic E-state index is 0.117. The molecule has 43 heavy (non-hydrogen) atoms. The van der Waals surface area contributed by atoms with Crippen molar-refractivity contribution >= 4 is 28.0 Å². The summed E-state index contributed by atoms with van der Waals surface area (Å²) in [7, 11) is -1.97. The third-order valence-electron chi connectivity index (χ3n) is 8.02. The number of sulfonamides is 1. The lowest BCUT2D eigenvalue weighted by Gasteiger charge is -2.26. The number of aromatic nitrogens is 1. The Morgan fingerprint density at radius 3 is 2.51 bits per heavy atom. The summed E-state index contributed by atoms with van der Waals surface area (Å²) >= 11 is 0. The second kappa shape index (κ2) is 14.2. The Bertz CT molecular complexity index is 1540. The minimum Gasteiger partial charge on any atom is -0.493 e. The second-order valence-electron chi connectivity index (χ2n) is 11.4. The van der Waals surface area contributed by atoms with E-state index in [1.54, 1.807) is 32.0 Å². The number of nitrogens with zero attached hydrogens (tertiary/aromatic N) is 3. The fourth-order valence-electron chi connectivity index (χ4n) is 5.37. The number of hydrogen-bond donors (Lipinski definition) is 1. The Morgan fingerprint density at radius 2 is 1.86 bits per heavy atom. The standard InChI is InChI=1S/C33H44N4O5S/c1-6-8-15-31(34-33(23-38)18-11-12-19-33)37(5)22-26-16-17-27(29(21-26)41-20-7-2)28-13-9-10-14-30(28)43(39,40)36-32-24(3)25(4)42-35-32/h9-10,13-14,16-17,21,23H,6-8,11-12,15,18-20,22H2,1-5H3,(H,35,36)/b34-31-. The van der Waals surface area contributed by atoms with Gasteiger partial charge < -0.3 is 19.0 Å². The molecule has 1 aliphatic carbocycles. The summed E-state index contributed by atoms with van der Waals surface area (Å²) in [5.74, 6) is 2.27. The molecule has 2 aromatic carbocycles. The van der Waals surface area contributed by atoms with Gasteiger partial charge in [-0.2, -0.15) is 0 Å². The van der Waals surface area contributed by atoms with E-state index in [1.807, 2.05) is 38.2 Å². The molecular formula is C33H44N4O5S. The minimum atomic E-state index is -3.99. The lowest BCUT2D eigenvalue weighted by atomic mass is 10.0. The highest BCUT2D eigenvalue weighted by molar-refractivity contribution is 7.92. The van der Waals surface area contributed by atoms with Gasteiger partial charge in [0.05, 0.1) is 11.5 Å². The molecule has 0 saturated heterocycles. The lowest BCUT2D eigenvalue weighted by Crippen LogP contribution is -2.33. The zero-order valence-corrected chi connectivity index (χ0v) is 26.8. The van der Waals surface area contributed by atoms with Crippen LogP contribution in [0.15, 0.2) is 56.9 Å². The molecule has 1 saturated carbocycles. The van der Waals surface area contributed by atoms with Gasteiger partial charge in [0.25, 0.3) is 10.0 Å². The van der Waals surface area contributed by atoms with E-state index in [0.717, 1.165) is 69.1 Å². The van der Waals surface area contributed by atoms with Crippen molar-refractivity contribution in [2.24, 2.45) is 4.99 Å². The van der Waals surface area contributed by atoms with E-state index in [9.17, 15) is 13.2 Å². The molecule has 0 amide bonds. The van der Waals surface area contributed by atoms with Crippen LogP contribution in [0, 0.1) is 13.8 Å². The van der Waals surface area contributed by atoms with Crippen LogP contribution in [0.25, 0.3) is 11.1 Å². The van der Waals surface area contributed by atoms with Crippen molar-refractivity contribution in [2.75, 3.05) is 18.4 Å². The molecule has 0 spiro atoms. The summed E-state index contributed by atoms with van der Waals surface area (Å²) in [5, 5.41) is 3.88. The van der Waals surface area contributed by atoms with E-state index in [2.05, 4.69) is 21.7 Å². The molecular weight excluding hydrogens is 564 g/mol. The predicted octanol–water partition coefficient (Wildman–Crippen LogP) is 7.08. The van der Waals surface area contributed by atoms with Gasteiger partial charge in [-0.25, -0.2) is 8.42 Å². The molecule has 4 rings (SSSR count). The maximum atomic E-state index is 13.6. The van der Waals surface area contributed by atoms with Crippen LogP contribution >= 0.6 is 0 Å². The van der Waals surface area contributed by atoms with Gasteiger partial charge in [-0.05, 0) is 57.2 Å². The number of carbonyl (C=O) groups is 1. The Labute approximate surface area is 255 Å². The molecule has 0 radical (unpaired) electrons. The highest BCUT2D eigenvalue weighted by atomic mass is 32.2. The largest absolute Gasteiger partial charge is 0.493 e. The van der Waals surface area contributed by atoms with E-state index >= 15 is 0 Å². The topological polar surface area (TPSA) is 114 Å². The number of carbonyl (C=O) groups excluding carboxylic acids is 1. The highest BCUT2D eigenvalue weighted by Gasteiger charge is 2.34. The number of unbranched alkanes of at least 4 members (excludes halogenated alkanes) is 1. The van der Waals surface area contributed by atoms with Crippen LogP contribution in [0.2, 0.25) is 0 Å². The molecule has 1 N–H and O–H groups in total. The van der Waals surface area contributed by atoms with Gasteiger partial charge in [-0.15, -0.1) is 0 Å². The smallest absolute Gasteiger partial charge is 0.263 e. The Kier molecular flexibility index (Phi) is 10.7. The van der Waals surface area contributed by atoms with E-state index in [4.69, 9.17) is 14.3 Å². The Hall–Kier alpha value is -3.66. The number of rotatable bonds is 14. The van der Waals surface area contributed by atoms with Gasteiger partial charge in [-0.1, -0.05) is 68.6 Å². The maximum absolute atomic E-state index is 13.6. The van der Waals surface area contributed by atoms with E-state index < -0.39 is 15.6 Å². The van der Waals surface area contributed by atoms with Gasteiger partial charge in [0.1, 0.15) is 29.2 Å². The fraction of sp³-hybridized carbons (Fsp3) is 0.485. The van der Waals surface area contributed by atoms with Crippen molar-refractivity contribution in [3.05, 3.63) is 59.4 Å². The van der Waals surface area contributed by atoms with Gasteiger partial charge >= 0.3 is 0 Å². The van der Waals surface area contributed by atoms with Crippen LogP contribution in [0.4, 0.5) is 5.82 Å². The lowest BCUT2D eigenvalue weighted by molar-refractivity contribution is -0.112. The number of amidine groups is 1. The van der Waals surface area contributed by atoms with Crippen molar-refractivity contribution in [1.82, 2.24) is 10.1 Å². The quantitative estimate of drug-likeness (QED) is 0.118.